The summed E-state index contributed by atoms with van der Waals surface area (Å²) >= 11 is 4.99. The summed E-state index contributed by atoms with van der Waals surface area (Å²) in [5.41, 5.74) is 1.05. The second-order valence-electron chi connectivity index (χ2n) is 10.1. The van der Waals surface area contributed by atoms with Crippen molar-refractivity contribution >= 4 is 44.9 Å². The molecular weight excluding hydrogens is 534 g/mol. The van der Waals surface area contributed by atoms with E-state index in [1.54, 1.807) is 22.3 Å². The van der Waals surface area contributed by atoms with Crippen LogP contribution in [0.5, 0.6) is 11.5 Å². The molecule has 184 valence electrons. The Morgan fingerprint density at radius 1 is 1.43 bits per heavy atom. The molecule has 0 unspecified atom stereocenters. The van der Waals surface area contributed by atoms with Gasteiger partial charge in [-0.15, -0.1) is 11.3 Å². The molecule has 1 amide bonds. The van der Waals surface area contributed by atoms with Crippen molar-refractivity contribution in [2.24, 2.45) is 5.92 Å². The minimum Gasteiger partial charge on any atom is -0.504 e. The Hall–Kier alpha value is -2.43. The number of carbonyl (C=O) groups is 1. The van der Waals surface area contributed by atoms with E-state index in [2.05, 4.69) is 27.9 Å². The van der Waals surface area contributed by atoms with Crippen molar-refractivity contribution < 1.29 is 19.6 Å². The van der Waals surface area contributed by atoms with Crippen molar-refractivity contribution in [2.45, 2.75) is 49.3 Å². The summed E-state index contributed by atoms with van der Waals surface area (Å²) in [6.45, 7) is 0.848. The highest BCUT2D eigenvalue weighted by Crippen LogP contribution is 2.65. The van der Waals surface area contributed by atoms with Crippen molar-refractivity contribution in [2.75, 3.05) is 20.6 Å². The van der Waals surface area contributed by atoms with Gasteiger partial charge in [0.1, 0.15) is 6.10 Å². The van der Waals surface area contributed by atoms with Gasteiger partial charge in [-0.05, 0) is 73.3 Å². The Morgan fingerprint density at radius 3 is 2.94 bits per heavy atom. The molecule has 1 saturated carbocycles. The van der Waals surface area contributed by atoms with Crippen molar-refractivity contribution in [3.05, 3.63) is 54.2 Å². The third-order valence-electron chi connectivity index (χ3n) is 8.69. The maximum absolute atomic E-state index is 13.2. The standard InChI is InChI=1S/C25H26BrN3O5S/c1-27-8-7-25-16-4-5-17(28(2)21(31)6-3-14-9-13(26)12-35-14)24(25)34-23-20(30)11-18(29(32)33)15(22(23)25)10-19(16)27/h3,6,9,11-12,16-17,19,24,30H,4-5,7-8,10H2,1-2H3/b6-3+/t16-,17-,19+,24-,25-/m0/s1. The molecule has 1 aromatic heterocycles. The minimum atomic E-state index is -0.441. The molecule has 2 aliphatic carbocycles. The lowest BCUT2D eigenvalue weighted by Gasteiger charge is -2.59. The average molecular weight is 560 g/mol. The number of carbonyl (C=O) groups excluding carboxylic acids is 1. The molecule has 4 aliphatic rings. The van der Waals surface area contributed by atoms with Crippen LogP contribution >= 0.6 is 27.3 Å². The molecule has 3 heterocycles. The molecule has 5 atom stereocenters. The van der Waals surface area contributed by atoms with E-state index in [4.69, 9.17) is 4.74 Å². The van der Waals surface area contributed by atoms with E-state index in [-0.39, 0.29) is 46.4 Å². The number of likely N-dealkylation sites (N-methyl/N-ethyl adjacent to an activating group) is 2. The Balaban J connectivity index is 1.41. The number of thiophene rings is 1. The molecule has 2 aromatic rings. The zero-order valence-corrected chi connectivity index (χ0v) is 21.8. The number of halogens is 1. The number of piperidine rings is 1. The number of amides is 1. The lowest BCUT2D eigenvalue weighted by Crippen LogP contribution is -2.68. The number of ether oxygens (including phenoxy) is 1. The first-order chi connectivity index (χ1) is 16.7. The molecule has 35 heavy (non-hydrogen) atoms. The number of phenols is 1. The van der Waals surface area contributed by atoms with Gasteiger partial charge < -0.3 is 19.6 Å². The number of nitrogens with zero attached hydrogens (tertiary/aromatic N) is 3. The molecule has 2 fully saturated rings. The highest BCUT2D eigenvalue weighted by molar-refractivity contribution is 9.10. The molecular formula is C25H26BrN3O5S. The lowest BCUT2D eigenvalue weighted by atomic mass is 9.51. The van der Waals surface area contributed by atoms with E-state index in [9.17, 15) is 20.0 Å². The molecule has 1 N–H and O–H groups in total. The van der Waals surface area contributed by atoms with Gasteiger partial charge in [-0.3, -0.25) is 14.9 Å². The molecule has 6 rings (SSSR count). The number of benzene rings is 1. The maximum Gasteiger partial charge on any atom is 0.276 e. The highest BCUT2D eigenvalue weighted by Gasteiger charge is 2.67. The van der Waals surface area contributed by atoms with Gasteiger partial charge in [-0.25, -0.2) is 0 Å². The SMILES string of the molecule is CN1CC[C@]23c4c5c([N+](=O)[O-])cc(O)c4O[C@H]2[C@@H](N(C)C(=O)/C=C/c2cc(Br)cs2)CC[C@H]3[C@H]1C5. The molecule has 1 saturated heterocycles. The first-order valence-corrected chi connectivity index (χ1v) is 13.5. The van der Waals surface area contributed by atoms with Crippen molar-refractivity contribution in [3.8, 4) is 11.5 Å². The number of rotatable bonds is 4. The third kappa shape index (κ3) is 3.22. The average Bonchev–Trinajstić information content (AvgIpc) is 3.40. The van der Waals surface area contributed by atoms with Crippen molar-refractivity contribution in [3.63, 3.8) is 0 Å². The first kappa shape index (κ1) is 23.0. The number of hydrogen-bond acceptors (Lipinski definition) is 7. The van der Waals surface area contributed by atoms with Gasteiger partial charge >= 0.3 is 0 Å². The van der Waals surface area contributed by atoms with E-state index < -0.39 is 5.41 Å². The van der Waals surface area contributed by atoms with E-state index in [1.165, 1.54) is 6.07 Å². The van der Waals surface area contributed by atoms with Crippen LogP contribution in [0.2, 0.25) is 0 Å². The molecule has 1 spiro atoms. The molecule has 10 heteroatoms. The van der Waals surface area contributed by atoms with Gasteiger partial charge in [0.25, 0.3) is 5.69 Å². The molecule has 2 bridgehead atoms. The van der Waals surface area contributed by atoms with Crippen LogP contribution < -0.4 is 4.74 Å². The predicted octanol–water partition coefficient (Wildman–Crippen LogP) is 4.33. The minimum absolute atomic E-state index is 0.0276. The second-order valence-corrected chi connectivity index (χ2v) is 12.0. The van der Waals surface area contributed by atoms with Crippen LogP contribution in [0.4, 0.5) is 5.69 Å². The monoisotopic (exact) mass is 559 g/mol. The summed E-state index contributed by atoms with van der Waals surface area (Å²) < 4.78 is 7.50. The number of hydrogen-bond donors (Lipinski definition) is 1. The van der Waals surface area contributed by atoms with Gasteiger partial charge in [-0.2, -0.15) is 0 Å². The Bertz CT molecular complexity index is 1280. The number of nitro benzene ring substituents is 1. The van der Waals surface area contributed by atoms with E-state index in [0.29, 0.717) is 17.7 Å². The summed E-state index contributed by atoms with van der Waals surface area (Å²) in [6.07, 6.45) is 6.12. The van der Waals surface area contributed by atoms with Crippen LogP contribution in [0.3, 0.4) is 0 Å². The first-order valence-electron chi connectivity index (χ1n) is 11.8. The lowest BCUT2D eigenvalue weighted by molar-refractivity contribution is -0.385. The fraction of sp³-hybridized carbons (Fsp3) is 0.480. The summed E-state index contributed by atoms with van der Waals surface area (Å²) in [4.78, 5) is 29.8. The maximum atomic E-state index is 13.2. The summed E-state index contributed by atoms with van der Waals surface area (Å²) in [5.74, 6) is 0.367. The quantitative estimate of drug-likeness (QED) is 0.340. The van der Waals surface area contributed by atoms with Crippen LogP contribution in [0.1, 0.15) is 35.3 Å². The fourth-order valence-electron chi connectivity index (χ4n) is 7.19. The van der Waals surface area contributed by atoms with Crippen molar-refractivity contribution in [1.82, 2.24) is 9.80 Å². The third-order valence-corrected chi connectivity index (χ3v) is 10.3. The van der Waals surface area contributed by atoms with Crippen LogP contribution in [-0.2, 0) is 16.6 Å². The van der Waals surface area contributed by atoms with Crippen molar-refractivity contribution in [1.29, 1.82) is 0 Å². The van der Waals surface area contributed by atoms with Crippen LogP contribution in [0.15, 0.2) is 28.1 Å². The van der Waals surface area contributed by atoms with Gasteiger partial charge in [0.15, 0.2) is 11.5 Å². The van der Waals surface area contributed by atoms with E-state index in [1.807, 2.05) is 24.6 Å². The zero-order chi connectivity index (χ0) is 24.6. The second kappa shape index (κ2) is 8.04. The van der Waals surface area contributed by atoms with Crippen LogP contribution in [0.25, 0.3) is 6.08 Å². The van der Waals surface area contributed by atoms with Gasteiger partial charge in [0, 0.05) is 50.4 Å². The fourth-order valence-corrected chi connectivity index (χ4v) is 8.52. The molecule has 2 aliphatic heterocycles. The predicted molar refractivity (Wildman–Crippen MR) is 136 cm³/mol. The number of aromatic hydroxyl groups is 1. The Labute approximate surface area is 215 Å². The van der Waals surface area contributed by atoms with E-state index >= 15 is 0 Å². The summed E-state index contributed by atoms with van der Waals surface area (Å²) in [7, 11) is 3.90. The van der Waals surface area contributed by atoms with Gasteiger partial charge in [-0.1, -0.05) is 0 Å². The number of phenolic OH excluding ortho intramolecular Hbond substituents is 1. The number of nitro groups is 1. The Kier molecular flexibility index (Phi) is 5.28. The van der Waals surface area contributed by atoms with Gasteiger partial charge in [0.05, 0.1) is 17.0 Å². The Morgan fingerprint density at radius 2 is 2.23 bits per heavy atom. The largest absolute Gasteiger partial charge is 0.504 e. The van der Waals surface area contributed by atoms with Crippen LogP contribution in [0, 0.1) is 16.0 Å². The smallest absolute Gasteiger partial charge is 0.276 e. The van der Waals surface area contributed by atoms with Gasteiger partial charge in [0.2, 0.25) is 5.91 Å². The summed E-state index contributed by atoms with van der Waals surface area (Å²) in [6, 6.07) is 3.19. The highest BCUT2D eigenvalue weighted by atomic mass is 79.9. The molecule has 1 aromatic carbocycles. The number of likely N-dealkylation sites (tertiary alicyclic amines) is 1. The normalized spacial score (nSPS) is 30.7. The summed E-state index contributed by atoms with van der Waals surface area (Å²) in [5, 5.41) is 24.7. The topological polar surface area (TPSA) is 96.2 Å². The van der Waals surface area contributed by atoms with Crippen LogP contribution in [-0.4, -0.2) is 64.6 Å². The molecule has 0 radical (unpaired) electrons. The molecule has 8 nitrogen and oxygen atoms in total. The zero-order valence-electron chi connectivity index (χ0n) is 19.4. The van der Waals surface area contributed by atoms with E-state index in [0.717, 1.165) is 40.7 Å².